The van der Waals surface area contributed by atoms with Crippen molar-refractivity contribution in [3.8, 4) is 0 Å². The monoisotopic (exact) mass is 353 g/mol. The van der Waals surface area contributed by atoms with Gasteiger partial charge in [-0.2, -0.15) is 17.8 Å². The van der Waals surface area contributed by atoms with Crippen molar-refractivity contribution in [1.82, 2.24) is 4.98 Å². The Balaban J connectivity index is 0. The van der Waals surface area contributed by atoms with Gasteiger partial charge in [0.25, 0.3) is 0 Å². The average Bonchev–Trinajstić information content (AvgIpc) is 2.97. The number of hydrogen-bond acceptors (Lipinski definition) is 0. The summed E-state index contributed by atoms with van der Waals surface area (Å²) in [6.07, 6.45) is 10.3. The molecule has 1 aromatic heterocycles. The van der Waals surface area contributed by atoms with Crippen LogP contribution in [-0.2, 0) is 21.7 Å². The Hall–Kier alpha value is -0.726. The maximum atomic E-state index is 3.36. The van der Waals surface area contributed by atoms with Crippen LogP contribution >= 0.6 is 0 Å². The second-order valence-electron chi connectivity index (χ2n) is 4.56. The molecule has 2 aromatic rings. The number of allylic oxidation sites excluding steroid dienone is 2. The number of rotatable bonds is 0. The Labute approximate surface area is 153 Å². The van der Waals surface area contributed by atoms with Crippen LogP contribution in [0.4, 0.5) is 0 Å². The average molecular weight is 354 g/mol. The smallest absolute Gasteiger partial charge is 1.00 e. The molecule has 1 aromatic carbocycles. The van der Waals surface area contributed by atoms with Gasteiger partial charge in [-0.25, -0.2) is 0 Å². The Morgan fingerprint density at radius 1 is 1.05 bits per heavy atom. The minimum atomic E-state index is 0. The molecule has 0 bridgehead atoms. The minimum Gasteiger partial charge on any atom is -1.00 e. The van der Waals surface area contributed by atoms with Crippen molar-refractivity contribution in [2.45, 2.75) is 20.8 Å². The van der Waals surface area contributed by atoms with Crippen LogP contribution in [0.1, 0.15) is 19.4 Å². The van der Waals surface area contributed by atoms with E-state index in [4.69, 9.17) is 0 Å². The van der Waals surface area contributed by atoms with Crippen molar-refractivity contribution in [2.75, 3.05) is 0 Å². The second-order valence-corrected chi connectivity index (χ2v) is 4.56. The quantitative estimate of drug-likeness (QED) is 0.375. The number of halogens is 2. The molecule has 0 amide bonds. The third-order valence-electron chi connectivity index (χ3n) is 2.75. The van der Waals surface area contributed by atoms with Gasteiger partial charge in [0.15, 0.2) is 0 Å². The van der Waals surface area contributed by atoms with E-state index in [0.29, 0.717) is 0 Å². The third kappa shape index (κ3) is 6.71. The maximum absolute atomic E-state index is 3.36. The molecule has 0 radical (unpaired) electrons. The van der Waals surface area contributed by atoms with E-state index in [9.17, 15) is 0 Å². The summed E-state index contributed by atoms with van der Waals surface area (Å²) < 4.78 is 0. The Morgan fingerprint density at radius 2 is 1.71 bits per heavy atom. The third-order valence-corrected chi connectivity index (χ3v) is 2.75. The molecular formula is C17H17Cl2NTi. The standard InChI is InChI=1S/C12H11.C5H6N.2ClH.Ti/c1-9(2)12-7-10-5-3-4-6-11(10)8-12;1-5-2-3-6-4-5;;;/h3-7H,1-2H3;2-3,6H,1H3;2*1H;/q2*-1;;;+4/p-2. The number of H-pyrrole nitrogens is 1. The Kier molecular flexibility index (Phi) is 11.7. The van der Waals surface area contributed by atoms with Crippen LogP contribution in [-0.4, -0.2) is 4.98 Å². The van der Waals surface area contributed by atoms with Gasteiger partial charge < -0.3 is 29.8 Å². The second kappa shape index (κ2) is 10.9. The first-order valence-electron chi connectivity index (χ1n) is 6.07. The minimum absolute atomic E-state index is 0. The normalized spacial score (nSPS) is 10.1. The van der Waals surface area contributed by atoms with Gasteiger partial charge in [0.1, 0.15) is 0 Å². The molecule has 108 valence electrons. The van der Waals surface area contributed by atoms with Crippen molar-refractivity contribution in [3.63, 3.8) is 0 Å². The summed E-state index contributed by atoms with van der Waals surface area (Å²) in [7, 11) is 0. The number of nitrogens with one attached hydrogen (secondary N) is 1. The van der Waals surface area contributed by atoms with Crippen LogP contribution in [0.2, 0.25) is 0 Å². The summed E-state index contributed by atoms with van der Waals surface area (Å²) in [5.74, 6) is 0. The van der Waals surface area contributed by atoms with Crippen molar-refractivity contribution in [1.29, 1.82) is 0 Å². The molecule has 1 aliphatic carbocycles. The summed E-state index contributed by atoms with van der Waals surface area (Å²) in [5, 5.41) is 2.50. The maximum Gasteiger partial charge on any atom is 4.00 e. The molecule has 0 saturated carbocycles. The van der Waals surface area contributed by atoms with E-state index in [1.54, 1.807) is 0 Å². The number of hydrogen-bond donors (Lipinski definition) is 1. The van der Waals surface area contributed by atoms with E-state index in [0.717, 1.165) is 5.56 Å². The molecule has 1 nitrogen and oxygen atoms in total. The first-order valence-corrected chi connectivity index (χ1v) is 6.07. The largest absolute Gasteiger partial charge is 4.00 e. The van der Waals surface area contributed by atoms with E-state index in [1.165, 1.54) is 21.6 Å². The number of aryl methyl sites for hydroxylation is 1. The molecule has 1 heterocycles. The molecule has 0 saturated heterocycles. The molecule has 21 heavy (non-hydrogen) atoms. The molecule has 0 unspecified atom stereocenters. The predicted molar refractivity (Wildman–Crippen MR) is 76.3 cm³/mol. The number of aromatic amines is 1. The fourth-order valence-electron chi connectivity index (χ4n) is 1.71. The number of benzene rings is 1. The van der Waals surface area contributed by atoms with Gasteiger partial charge in [-0.1, -0.05) is 39.0 Å². The summed E-state index contributed by atoms with van der Waals surface area (Å²) in [6, 6.07) is 10.3. The van der Waals surface area contributed by atoms with E-state index in [1.807, 2.05) is 25.3 Å². The summed E-state index contributed by atoms with van der Waals surface area (Å²) in [6.45, 7) is 6.23. The SMILES string of the molecule is CC(C)=C1[C-]=c2ccccc2=C1.Cc1[c-][nH]cc1.[Cl-].[Cl-].[Ti+4]. The number of fused-ring (bicyclic) bond motifs is 1. The molecule has 0 atom stereocenters. The van der Waals surface area contributed by atoms with Crippen LogP contribution in [0, 0.1) is 13.1 Å². The molecule has 0 spiro atoms. The fraction of sp³-hybridized carbons (Fsp3) is 0.176. The predicted octanol–water partition coefficient (Wildman–Crippen LogP) is -3.40. The number of aromatic nitrogens is 1. The zero-order valence-electron chi connectivity index (χ0n) is 12.3. The molecule has 1 aliphatic rings. The van der Waals surface area contributed by atoms with Crippen LogP contribution in [0.25, 0.3) is 12.2 Å². The fourth-order valence-corrected chi connectivity index (χ4v) is 1.71. The summed E-state index contributed by atoms with van der Waals surface area (Å²) in [4.78, 5) is 2.80. The van der Waals surface area contributed by atoms with Crippen molar-refractivity contribution in [3.05, 3.63) is 69.9 Å². The van der Waals surface area contributed by atoms with Crippen molar-refractivity contribution in [2.24, 2.45) is 0 Å². The molecule has 3 rings (SSSR count). The molecule has 0 fully saturated rings. The van der Waals surface area contributed by atoms with E-state index < -0.39 is 0 Å². The zero-order chi connectivity index (χ0) is 13.0. The molecule has 0 aliphatic heterocycles. The molecule has 1 N–H and O–H groups in total. The topological polar surface area (TPSA) is 15.8 Å². The summed E-state index contributed by atoms with van der Waals surface area (Å²) in [5.41, 5.74) is 3.72. The van der Waals surface area contributed by atoms with Crippen LogP contribution in [0.5, 0.6) is 0 Å². The van der Waals surface area contributed by atoms with Gasteiger partial charge in [-0.15, -0.1) is 46.0 Å². The van der Waals surface area contributed by atoms with Gasteiger partial charge >= 0.3 is 21.7 Å². The van der Waals surface area contributed by atoms with E-state index in [2.05, 4.69) is 55.4 Å². The van der Waals surface area contributed by atoms with Crippen LogP contribution in [0.3, 0.4) is 0 Å². The van der Waals surface area contributed by atoms with Gasteiger partial charge in [-0.05, 0) is 0 Å². The van der Waals surface area contributed by atoms with Gasteiger partial charge in [0, 0.05) is 0 Å². The Morgan fingerprint density at radius 3 is 2.14 bits per heavy atom. The van der Waals surface area contributed by atoms with Crippen LogP contribution in [0.15, 0.2) is 47.7 Å². The first kappa shape index (κ1) is 22.6. The summed E-state index contributed by atoms with van der Waals surface area (Å²) >= 11 is 0. The van der Waals surface area contributed by atoms with Crippen molar-refractivity contribution < 1.29 is 46.5 Å². The van der Waals surface area contributed by atoms with Crippen LogP contribution < -0.4 is 35.3 Å². The van der Waals surface area contributed by atoms with E-state index in [-0.39, 0.29) is 46.5 Å². The van der Waals surface area contributed by atoms with Gasteiger partial charge in [-0.3, -0.25) is 0 Å². The molecular weight excluding hydrogens is 337 g/mol. The van der Waals surface area contributed by atoms with E-state index >= 15 is 0 Å². The Bertz CT molecular complexity index is 632. The first-order chi connectivity index (χ1) is 8.66. The van der Waals surface area contributed by atoms with Gasteiger partial charge in [0.2, 0.25) is 0 Å². The molecule has 4 heteroatoms. The zero-order valence-corrected chi connectivity index (χ0v) is 15.4. The van der Waals surface area contributed by atoms with Gasteiger partial charge in [0.05, 0.1) is 0 Å². The van der Waals surface area contributed by atoms with Crippen molar-refractivity contribution >= 4 is 12.2 Å².